The van der Waals surface area contributed by atoms with Gasteiger partial charge in [-0.25, -0.2) is 0 Å². The van der Waals surface area contributed by atoms with Crippen LogP contribution in [-0.2, 0) is 0 Å². The summed E-state index contributed by atoms with van der Waals surface area (Å²) in [6.45, 7) is 0. The van der Waals surface area contributed by atoms with Gasteiger partial charge in [-0.15, -0.1) is 0 Å². The normalized spacial score (nSPS) is 10.6. The maximum absolute atomic E-state index is 9.46. The highest BCUT2D eigenvalue weighted by molar-refractivity contribution is 14.1. The molecule has 0 saturated heterocycles. The highest BCUT2D eigenvalue weighted by atomic mass is 127. The maximum atomic E-state index is 9.46. The Balaban J connectivity index is 2.70. The summed E-state index contributed by atoms with van der Waals surface area (Å²) in [7, 11) is 1.65. The second kappa shape index (κ2) is 3.34. The van der Waals surface area contributed by atoms with Crippen LogP contribution in [0.15, 0.2) is 18.2 Å². The van der Waals surface area contributed by atoms with E-state index in [1.165, 1.54) is 0 Å². The van der Waals surface area contributed by atoms with E-state index in [-0.39, 0.29) is 0 Å². The monoisotopic (exact) mass is 306 g/mol. The molecule has 4 heteroatoms. The van der Waals surface area contributed by atoms with Crippen LogP contribution in [0.5, 0.6) is 10.8 Å². The van der Waals surface area contributed by atoms with Gasteiger partial charge in [0.15, 0.2) is 5.06 Å². The van der Waals surface area contributed by atoms with Crippen LogP contribution in [0.1, 0.15) is 0 Å². The molecule has 1 aromatic carbocycles. The lowest BCUT2D eigenvalue weighted by molar-refractivity contribution is 0.427. The molecule has 1 N–H and O–H groups in total. The molecule has 0 atom stereocenters. The van der Waals surface area contributed by atoms with Gasteiger partial charge in [-0.05, 0) is 40.8 Å². The van der Waals surface area contributed by atoms with Crippen molar-refractivity contribution in [2.75, 3.05) is 7.11 Å². The van der Waals surface area contributed by atoms with Crippen molar-refractivity contribution in [2.24, 2.45) is 0 Å². The molecular weight excluding hydrogens is 299 g/mol. The van der Waals surface area contributed by atoms with Crippen molar-refractivity contribution in [3.63, 3.8) is 0 Å². The van der Waals surface area contributed by atoms with Gasteiger partial charge >= 0.3 is 0 Å². The summed E-state index contributed by atoms with van der Waals surface area (Å²) < 4.78 is 7.12. The van der Waals surface area contributed by atoms with Gasteiger partial charge < -0.3 is 9.84 Å². The lowest BCUT2D eigenvalue weighted by Gasteiger charge is -1.94. The minimum absolute atomic E-state index is 0.327. The second-order valence-electron chi connectivity index (χ2n) is 2.61. The predicted molar refractivity (Wildman–Crippen MR) is 62.8 cm³/mol. The third kappa shape index (κ3) is 1.60. The Bertz CT molecular complexity index is 411. The summed E-state index contributed by atoms with van der Waals surface area (Å²) in [5.74, 6) is 0.327. The fourth-order valence-corrected chi connectivity index (χ4v) is 2.70. The van der Waals surface area contributed by atoms with Gasteiger partial charge in [-0.1, -0.05) is 11.3 Å². The zero-order valence-corrected chi connectivity index (χ0v) is 9.85. The fourth-order valence-electron chi connectivity index (χ4n) is 1.13. The van der Waals surface area contributed by atoms with Crippen LogP contribution < -0.4 is 4.74 Å². The number of rotatable bonds is 1. The van der Waals surface area contributed by atoms with Crippen molar-refractivity contribution in [1.29, 1.82) is 0 Å². The highest BCUT2D eigenvalue weighted by Gasteiger charge is 2.05. The number of aromatic hydroxyl groups is 1. The van der Waals surface area contributed by atoms with Gasteiger partial charge in [-0.2, -0.15) is 0 Å². The maximum Gasteiger partial charge on any atom is 0.174 e. The Hall–Kier alpha value is -0.490. The Morgan fingerprint density at radius 1 is 1.38 bits per heavy atom. The molecule has 68 valence electrons. The summed E-state index contributed by atoms with van der Waals surface area (Å²) in [6.07, 6.45) is 0. The van der Waals surface area contributed by atoms with Crippen LogP contribution in [0.25, 0.3) is 10.1 Å². The van der Waals surface area contributed by atoms with E-state index < -0.39 is 0 Å². The molecule has 0 spiro atoms. The standard InChI is InChI=1S/C9H7IO2S/c1-12-9-3-5-2-7(11)6(10)4-8(5)13-9/h2-4,11H,1H3. The lowest BCUT2D eigenvalue weighted by atomic mass is 10.2. The van der Waals surface area contributed by atoms with Gasteiger partial charge in [0, 0.05) is 10.1 Å². The number of hydrogen-bond donors (Lipinski definition) is 1. The average Bonchev–Trinajstić information content (AvgIpc) is 2.48. The zero-order chi connectivity index (χ0) is 9.42. The van der Waals surface area contributed by atoms with Crippen molar-refractivity contribution >= 4 is 44.0 Å². The van der Waals surface area contributed by atoms with Crippen molar-refractivity contribution in [3.8, 4) is 10.8 Å². The zero-order valence-electron chi connectivity index (χ0n) is 6.87. The first-order valence-electron chi connectivity index (χ1n) is 3.67. The molecule has 13 heavy (non-hydrogen) atoms. The summed E-state index contributed by atoms with van der Waals surface area (Å²) in [5, 5.41) is 11.4. The smallest absolute Gasteiger partial charge is 0.174 e. The van der Waals surface area contributed by atoms with Crippen LogP contribution in [-0.4, -0.2) is 12.2 Å². The molecule has 0 aliphatic carbocycles. The average molecular weight is 306 g/mol. The van der Waals surface area contributed by atoms with Gasteiger partial charge in [0.25, 0.3) is 0 Å². The van der Waals surface area contributed by atoms with E-state index in [9.17, 15) is 5.11 Å². The largest absolute Gasteiger partial charge is 0.507 e. The van der Waals surface area contributed by atoms with Crippen LogP contribution in [0.2, 0.25) is 0 Å². The summed E-state index contributed by atoms with van der Waals surface area (Å²) >= 11 is 3.69. The summed E-state index contributed by atoms with van der Waals surface area (Å²) in [6, 6.07) is 5.64. The topological polar surface area (TPSA) is 29.5 Å². The molecule has 2 aromatic rings. The van der Waals surface area contributed by atoms with Crippen LogP contribution in [0, 0.1) is 3.57 Å². The molecule has 2 rings (SSSR count). The van der Waals surface area contributed by atoms with E-state index in [1.807, 2.05) is 12.1 Å². The molecule has 0 radical (unpaired) electrons. The minimum Gasteiger partial charge on any atom is -0.507 e. The molecule has 0 unspecified atom stereocenters. The van der Waals surface area contributed by atoms with Gasteiger partial charge in [0.05, 0.1) is 10.7 Å². The lowest BCUT2D eigenvalue weighted by Crippen LogP contribution is -1.73. The number of fused-ring (bicyclic) bond motifs is 1. The van der Waals surface area contributed by atoms with E-state index in [2.05, 4.69) is 22.6 Å². The van der Waals surface area contributed by atoms with E-state index in [0.29, 0.717) is 5.75 Å². The Morgan fingerprint density at radius 3 is 2.85 bits per heavy atom. The first-order valence-corrected chi connectivity index (χ1v) is 5.56. The predicted octanol–water partition coefficient (Wildman–Crippen LogP) is 3.22. The number of benzene rings is 1. The Kier molecular flexibility index (Phi) is 2.33. The van der Waals surface area contributed by atoms with Crippen LogP contribution in [0.4, 0.5) is 0 Å². The van der Waals surface area contributed by atoms with Crippen molar-refractivity contribution in [3.05, 3.63) is 21.8 Å². The number of ether oxygens (including phenoxy) is 1. The van der Waals surface area contributed by atoms with Crippen molar-refractivity contribution in [2.45, 2.75) is 0 Å². The molecule has 0 bridgehead atoms. The third-order valence-corrected chi connectivity index (χ3v) is 3.69. The number of hydrogen-bond acceptors (Lipinski definition) is 3. The molecule has 0 aliphatic heterocycles. The molecule has 1 heterocycles. The number of phenols is 1. The van der Waals surface area contributed by atoms with E-state index in [1.54, 1.807) is 24.5 Å². The van der Waals surface area contributed by atoms with Crippen LogP contribution >= 0.6 is 33.9 Å². The summed E-state index contributed by atoms with van der Waals surface area (Å²) in [5.41, 5.74) is 0. The van der Waals surface area contributed by atoms with E-state index in [0.717, 1.165) is 18.7 Å². The minimum atomic E-state index is 0.327. The molecule has 0 fully saturated rings. The number of halogens is 1. The third-order valence-electron chi connectivity index (χ3n) is 1.76. The molecular formula is C9H7IO2S. The molecule has 2 nitrogen and oxygen atoms in total. The van der Waals surface area contributed by atoms with Gasteiger partial charge in [0.1, 0.15) is 5.75 Å². The van der Waals surface area contributed by atoms with E-state index in [4.69, 9.17) is 4.74 Å². The SMILES string of the molecule is COc1cc2cc(O)c(I)cc2s1. The van der Waals surface area contributed by atoms with Crippen molar-refractivity contribution in [1.82, 2.24) is 0 Å². The fraction of sp³-hybridized carbons (Fsp3) is 0.111. The van der Waals surface area contributed by atoms with Crippen molar-refractivity contribution < 1.29 is 9.84 Å². The van der Waals surface area contributed by atoms with E-state index >= 15 is 0 Å². The Morgan fingerprint density at radius 2 is 2.15 bits per heavy atom. The van der Waals surface area contributed by atoms with Gasteiger partial charge in [-0.3, -0.25) is 0 Å². The molecule has 0 saturated carbocycles. The number of methoxy groups -OCH3 is 1. The molecule has 0 amide bonds. The van der Waals surface area contributed by atoms with Crippen LogP contribution in [0.3, 0.4) is 0 Å². The van der Waals surface area contributed by atoms with Gasteiger partial charge in [0.2, 0.25) is 0 Å². The summed E-state index contributed by atoms with van der Waals surface area (Å²) in [4.78, 5) is 0. The number of phenolic OH excluding ortho intramolecular Hbond substituents is 1. The second-order valence-corrected chi connectivity index (χ2v) is 4.82. The Labute approximate surface area is 93.3 Å². The number of thiophene rings is 1. The first kappa shape index (κ1) is 9.08. The highest BCUT2D eigenvalue weighted by Crippen LogP contribution is 2.35. The quantitative estimate of drug-likeness (QED) is 0.820. The first-order chi connectivity index (χ1) is 6.20. The molecule has 0 aliphatic rings. The molecule has 1 aromatic heterocycles.